The molecule has 1 heterocycles. The minimum absolute atomic E-state index is 0.517. The van der Waals surface area contributed by atoms with Crippen LogP contribution in [0.5, 0.6) is 0 Å². The zero-order valence-electron chi connectivity index (χ0n) is 8.01. The third kappa shape index (κ3) is 1.40. The van der Waals surface area contributed by atoms with Crippen molar-refractivity contribution in [3.63, 3.8) is 0 Å². The second-order valence-corrected chi connectivity index (χ2v) is 3.07. The minimum Gasteiger partial charge on any atom is -0.326 e. The highest BCUT2D eigenvalue weighted by Gasteiger charge is 2.07. The molecular formula is C10H12N4. The number of nitrogens with zero attached hydrogens (tertiary/aromatic N) is 3. The van der Waals surface area contributed by atoms with Crippen molar-refractivity contribution >= 4 is 0 Å². The molecule has 2 rings (SSSR count). The molecule has 4 heteroatoms. The molecule has 0 saturated carbocycles. The molecule has 0 saturated heterocycles. The molecule has 4 nitrogen and oxygen atoms in total. The Hall–Kier alpha value is -1.68. The molecule has 0 bridgehead atoms. The van der Waals surface area contributed by atoms with Gasteiger partial charge in [-0.1, -0.05) is 24.3 Å². The molecule has 1 aromatic carbocycles. The van der Waals surface area contributed by atoms with Crippen LogP contribution in [0, 0.1) is 0 Å². The number of benzene rings is 1. The van der Waals surface area contributed by atoms with Crippen molar-refractivity contribution in [1.29, 1.82) is 0 Å². The van der Waals surface area contributed by atoms with Gasteiger partial charge < -0.3 is 5.73 Å². The third-order valence-corrected chi connectivity index (χ3v) is 2.19. The fourth-order valence-corrected chi connectivity index (χ4v) is 1.46. The van der Waals surface area contributed by atoms with E-state index < -0.39 is 0 Å². The van der Waals surface area contributed by atoms with Crippen LogP contribution in [-0.4, -0.2) is 14.8 Å². The van der Waals surface area contributed by atoms with Crippen LogP contribution in [-0.2, 0) is 13.6 Å². The van der Waals surface area contributed by atoms with E-state index in [0.29, 0.717) is 6.54 Å². The quantitative estimate of drug-likeness (QED) is 0.763. The maximum atomic E-state index is 5.65. The predicted molar refractivity (Wildman–Crippen MR) is 54.3 cm³/mol. The average molecular weight is 188 g/mol. The molecule has 1 aromatic heterocycles. The van der Waals surface area contributed by atoms with Gasteiger partial charge in [-0.15, -0.1) is 0 Å². The lowest BCUT2D eigenvalue weighted by Crippen LogP contribution is -2.02. The number of aryl methyl sites for hydroxylation is 1. The van der Waals surface area contributed by atoms with Crippen molar-refractivity contribution in [1.82, 2.24) is 14.8 Å². The Bertz CT molecular complexity index is 433. The van der Waals surface area contributed by atoms with Crippen LogP contribution in [0.25, 0.3) is 11.4 Å². The van der Waals surface area contributed by atoms with Gasteiger partial charge in [-0.25, -0.2) is 9.67 Å². The van der Waals surface area contributed by atoms with Gasteiger partial charge in [0.25, 0.3) is 0 Å². The first-order valence-electron chi connectivity index (χ1n) is 4.45. The minimum atomic E-state index is 0.517. The summed E-state index contributed by atoms with van der Waals surface area (Å²) in [6.45, 7) is 0.517. The predicted octanol–water partition coefficient (Wildman–Crippen LogP) is 0.941. The first-order valence-corrected chi connectivity index (χ1v) is 4.45. The first kappa shape index (κ1) is 8.90. The standard InChI is InChI=1S/C10H12N4/c1-14-10(12-7-13-14)9-5-3-2-4-8(9)6-11/h2-5,7H,6,11H2,1H3. The summed E-state index contributed by atoms with van der Waals surface area (Å²) in [5.41, 5.74) is 7.79. The largest absolute Gasteiger partial charge is 0.326 e. The fraction of sp³-hybridized carbons (Fsp3) is 0.200. The van der Waals surface area contributed by atoms with Crippen LogP contribution in [0.15, 0.2) is 30.6 Å². The third-order valence-electron chi connectivity index (χ3n) is 2.19. The number of rotatable bonds is 2. The molecule has 0 aliphatic carbocycles. The van der Waals surface area contributed by atoms with Crippen molar-refractivity contribution in [3.05, 3.63) is 36.2 Å². The Balaban J connectivity index is 2.56. The van der Waals surface area contributed by atoms with Gasteiger partial charge in [0, 0.05) is 19.2 Å². The average Bonchev–Trinajstić information content (AvgIpc) is 2.64. The highest BCUT2D eigenvalue weighted by molar-refractivity contribution is 5.59. The van der Waals surface area contributed by atoms with E-state index in [2.05, 4.69) is 10.1 Å². The molecule has 2 aromatic rings. The molecule has 0 spiro atoms. The smallest absolute Gasteiger partial charge is 0.158 e. The van der Waals surface area contributed by atoms with Crippen LogP contribution < -0.4 is 5.73 Å². The molecule has 2 N–H and O–H groups in total. The van der Waals surface area contributed by atoms with Gasteiger partial charge in [-0.2, -0.15) is 5.10 Å². The molecule has 0 fully saturated rings. The Morgan fingerprint density at radius 1 is 1.36 bits per heavy atom. The van der Waals surface area contributed by atoms with Crippen molar-refractivity contribution in [3.8, 4) is 11.4 Å². The molecule has 72 valence electrons. The second-order valence-electron chi connectivity index (χ2n) is 3.07. The van der Waals surface area contributed by atoms with E-state index >= 15 is 0 Å². The van der Waals surface area contributed by atoms with E-state index in [0.717, 1.165) is 17.0 Å². The van der Waals surface area contributed by atoms with Crippen LogP contribution in [0.1, 0.15) is 5.56 Å². The van der Waals surface area contributed by atoms with E-state index in [1.54, 1.807) is 11.0 Å². The highest BCUT2D eigenvalue weighted by atomic mass is 15.3. The van der Waals surface area contributed by atoms with Crippen molar-refractivity contribution in [2.75, 3.05) is 0 Å². The van der Waals surface area contributed by atoms with E-state index in [1.165, 1.54) is 0 Å². The van der Waals surface area contributed by atoms with E-state index in [1.807, 2.05) is 31.3 Å². The van der Waals surface area contributed by atoms with Crippen LogP contribution in [0.4, 0.5) is 0 Å². The molecule has 14 heavy (non-hydrogen) atoms. The second kappa shape index (κ2) is 3.59. The Kier molecular flexibility index (Phi) is 2.28. The summed E-state index contributed by atoms with van der Waals surface area (Å²) in [5.74, 6) is 0.853. The summed E-state index contributed by atoms with van der Waals surface area (Å²) < 4.78 is 1.74. The van der Waals surface area contributed by atoms with Crippen molar-refractivity contribution in [2.45, 2.75) is 6.54 Å². The van der Waals surface area contributed by atoms with Gasteiger partial charge in [-0.05, 0) is 5.56 Å². The number of nitrogens with two attached hydrogens (primary N) is 1. The molecule has 0 amide bonds. The molecule has 0 radical (unpaired) electrons. The lowest BCUT2D eigenvalue weighted by molar-refractivity contribution is 0.773. The summed E-state index contributed by atoms with van der Waals surface area (Å²) in [5, 5.41) is 4.03. The van der Waals surface area contributed by atoms with Crippen molar-refractivity contribution < 1.29 is 0 Å². The zero-order valence-corrected chi connectivity index (χ0v) is 8.01. The SMILES string of the molecule is Cn1ncnc1-c1ccccc1CN. The van der Waals surface area contributed by atoms with Gasteiger partial charge in [0.05, 0.1) is 0 Å². The summed E-state index contributed by atoms with van der Waals surface area (Å²) in [6.07, 6.45) is 1.54. The Morgan fingerprint density at radius 3 is 2.79 bits per heavy atom. The topological polar surface area (TPSA) is 56.7 Å². The fourth-order valence-electron chi connectivity index (χ4n) is 1.46. The van der Waals surface area contributed by atoms with Gasteiger partial charge in [0.1, 0.15) is 6.33 Å². The van der Waals surface area contributed by atoms with Crippen LogP contribution >= 0.6 is 0 Å². The number of hydrogen-bond donors (Lipinski definition) is 1. The van der Waals surface area contributed by atoms with Gasteiger partial charge in [0.2, 0.25) is 0 Å². The number of hydrogen-bond acceptors (Lipinski definition) is 3. The molecular weight excluding hydrogens is 176 g/mol. The lowest BCUT2D eigenvalue weighted by Gasteiger charge is -2.05. The van der Waals surface area contributed by atoms with E-state index in [4.69, 9.17) is 5.73 Å². The maximum absolute atomic E-state index is 5.65. The normalized spacial score (nSPS) is 10.4. The first-order chi connectivity index (χ1) is 6.83. The molecule has 0 aliphatic rings. The van der Waals surface area contributed by atoms with Gasteiger partial charge in [0.15, 0.2) is 5.82 Å². The van der Waals surface area contributed by atoms with Crippen LogP contribution in [0.3, 0.4) is 0 Å². The summed E-state index contributed by atoms with van der Waals surface area (Å²) in [4.78, 5) is 4.19. The Labute approximate surface area is 82.4 Å². The maximum Gasteiger partial charge on any atom is 0.158 e. The lowest BCUT2D eigenvalue weighted by atomic mass is 10.1. The molecule has 0 unspecified atom stereocenters. The van der Waals surface area contributed by atoms with Crippen molar-refractivity contribution in [2.24, 2.45) is 12.8 Å². The van der Waals surface area contributed by atoms with Crippen LogP contribution in [0.2, 0.25) is 0 Å². The molecule has 0 aliphatic heterocycles. The summed E-state index contributed by atoms with van der Waals surface area (Å²) in [6, 6.07) is 7.96. The monoisotopic (exact) mass is 188 g/mol. The van der Waals surface area contributed by atoms with E-state index in [-0.39, 0.29) is 0 Å². The Morgan fingerprint density at radius 2 is 2.14 bits per heavy atom. The summed E-state index contributed by atoms with van der Waals surface area (Å²) in [7, 11) is 1.87. The van der Waals surface area contributed by atoms with Gasteiger partial charge in [-0.3, -0.25) is 0 Å². The number of aromatic nitrogens is 3. The van der Waals surface area contributed by atoms with Gasteiger partial charge >= 0.3 is 0 Å². The van der Waals surface area contributed by atoms with E-state index in [9.17, 15) is 0 Å². The zero-order chi connectivity index (χ0) is 9.97. The molecule has 0 atom stereocenters. The highest BCUT2D eigenvalue weighted by Crippen LogP contribution is 2.19. The summed E-state index contributed by atoms with van der Waals surface area (Å²) >= 11 is 0.